The smallest absolute Gasteiger partial charge is 0.338 e. The van der Waals surface area contributed by atoms with Gasteiger partial charge in [-0.25, -0.2) is 14.6 Å². The summed E-state index contributed by atoms with van der Waals surface area (Å²) in [5.74, 6) is -0.618. The minimum absolute atomic E-state index is 0.0213. The molecular formula is C25H28N4O4S. The third-order valence-corrected chi connectivity index (χ3v) is 5.64. The molecule has 8 nitrogen and oxygen atoms in total. The van der Waals surface area contributed by atoms with Crippen LogP contribution in [0.5, 0.6) is 0 Å². The number of rotatable bonds is 9. The molecule has 0 atom stereocenters. The SMILES string of the molecule is Cc1ccccc1NC(=O)Cc1nc(COC(=O)c2ccc(CNC(=O)NC(C)C)cc2)cs1. The first-order valence-electron chi connectivity index (χ1n) is 10.9. The standard InChI is InChI=1S/C25H28N4O4S/c1-16(2)27-25(32)26-13-18-8-10-19(11-9-18)24(31)33-14-20-15-34-23(28-20)12-22(30)29-21-7-5-4-6-17(21)3/h4-11,15-16H,12-14H2,1-3H3,(H,29,30)(H2,26,27,32). The number of aromatic nitrogens is 1. The van der Waals surface area contributed by atoms with Gasteiger partial charge in [0.2, 0.25) is 5.91 Å². The number of aryl methyl sites for hydroxylation is 1. The maximum atomic E-state index is 12.3. The maximum Gasteiger partial charge on any atom is 0.338 e. The Kier molecular flexibility index (Phi) is 8.75. The lowest BCUT2D eigenvalue weighted by Crippen LogP contribution is -2.39. The summed E-state index contributed by atoms with van der Waals surface area (Å²) in [4.78, 5) is 40.7. The first-order chi connectivity index (χ1) is 16.3. The van der Waals surface area contributed by atoms with Gasteiger partial charge in [-0.05, 0) is 50.1 Å². The van der Waals surface area contributed by atoms with Crippen LogP contribution in [-0.4, -0.2) is 28.9 Å². The molecule has 0 fully saturated rings. The van der Waals surface area contributed by atoms with Gasteiger partial charge in [0.15, 0.2) is 0 Å². The Morgan fingerprint density at radius 3 is 2.50 bits per heavy atom. The molecule has 9 heteroatoms. The average molecular weight is 481 g/mol. The van der Waals surface area contributed by atoms with Gasteiger partial charge in [0.05, 0.1) is 17.7 Å². The van der Waals surface area contributed by atoms with E-state index in [-0.39, 0.29) is 31.0 Å². The summed E-state index contributed by atoms with van der Waals surface area (Å²) in [6, 6.07) is 14.2. The summed E-state index contributed by atoms with van der Waals surface area (Å²) in [6.07, 6.45) is 0.150. The second-order valence-electron chi connectivity index (χ2n) is 8.03. The molecule has 3 rings (SSSR count). The number of carbonyl (C=O) groups is 3. The van der Waals surface area contributed by atoms with Crippen molar-refractivity contribution in [1.82, 2.24) is 15.6 Å². The van der Waals surface area contributed by atoms with Crippen molar-refractivity contribution < 1.29 is 19.1 Å². The molecule has 0 bridgehead atoms. The first kappa shape index (κ1) is 24.9. The first-order valence-corrected chi connectivity index (χ1v) is 11.8. The number of nitrogens with zero attached hydrogens (tertiary/aromatic N) is 1. The van der Waals surface area contributed by atoms with Crippen LogP contribution in [0.2, 0.25) is 0 Å². The lowest BCUT2D eigenvalue weighted by molar-refractivity contribution is -0.115. The molecule has 0 aliphatic heterocycles. The van der Waals surface area contributed by atoms with E-state index in [1.807, 2.05) is 45.0 Å². The summed E-state index contributed by atoms with van der Waals surface area (Å²) in [7, 11) is 0. The van der Waals surface area contributed by atoms with Crippen LogP contribution >= 0.6 is 11.3 Å². The van der Waals surface area contributed by atoms with Crippen LogP contribution in [-0.2, 0) is 29.1 Å². The lowest BCUT2D eigenvalue weighted by atomic mass is 10.1. The zero-order chi connectivity index (χ0) is 24.5. The lowest BCUT2D eigenvalue weighted by Gasteiger charge is -2.10. The number of amides is 3. The Bertz CT molecular complexity index is 1140. The molecule has 3 amide bonds. The molecule has 3 N–H and O–H groups in total. The molecule has 34 heavy (non-hydrogen) atoms. The van der Waals surface area contributed by atoms with Crippen LogP contribution in [0.1, 0.15) is 46.0 Å². The minimum Gasteiger partial charge on any atom is -0.456 e. The predicted octanol–water partition coefficient (Wildman–Crippen LogP) is 4.20. The largest absolute Gasteiger partial charge is 0.456 e. The molecule has 0 saturated heterocycles. The van der Waals surface area contributed by atoms with Crippen molar-refractivity contribution in [3.8, 4) is 0 Å². The van der Waals surface area contributed by atoms with Gasteiger partial charge in [-0.3, -0.25) is 4.79 Å². The van der Waals surface area contributed by atoms with Crippen molar-refractivity contribution in [2.75, 3.05) is 5.32 Å². The van der Waals surface area contributed by atoms with E-state index in [9.17, 15) is 14.4 Å². The third kappa shape index (κ3) is 7.70. The number of para-hydroxylation sites is 1. The molecule has 3 aromatic rings. The molecule has 1 heterocycles. The van der Waals surface area contributed by atoms with Crippen molar-refractivity contribution in [3.05, 3.63) is 81.3 Å². The number of ether oxygens (including phenoxy) is 1. The van der Waals surface area contributed by atoms with E-state index < -0.39 is 5.97 Å². The van der Waals surface area contributed by atoms with Crippen molar-refractivity contribution in [1.29, 1.82) is 0 Å². The van der Waals surface area contributed by atoms with E-state index in [1.54, 1.807) is 29.6 Å². The van der Waals surface area contributed by atoms with Crippen molar-refractivity contribution >= 4 is 34.9 Å². The zero-order valence-corrected chi connectivity index (χ0v) is 20.2. The molecule has 0 saturated carbocycles. The number of hydrogen-bond acceptors (Lipinski definition) is 6. The summed E-state index contributed by atoms with van der Waals surface area (Å²) >= 11 is 1.35. The monoisotopic (exact) mass is 480 g/mol. The molecule has 0 aliphatic rings. The van der Waals surface area contributed by atoms with Gasteiger partial charge in [0.1, 0.15) is 11.6 Å². The molecule has 2 aromatic carbocycles. The second-order valence-corrected chi connectivity index (χ2v) is 8.97. The molecule has 0 unspecified atom stereocenters. The highest BCUT2D eigenvalue weighted by Gasteiger charge is 2.12. The van der Waals surface area contributed by atoms with Gasteiger partial charge in [-0.15, -0.1) is 11.3 Å². The second kappa shape index (κ2) is 11.9. The Morgan fingerprint density at radius 2 is 1.79 bits per heavy atom. The number of esters is 1. The predicted molar refractivity (Wildman–Crippen MR) is 132 cm³/mol. The van der Waals surface area contributed by atoms with Gasteiger partial charge in [-0.1, -0.05) is 30.3 Å². The summed E-state index contributed by atoms with van der Waals surface area (Å²) in [5, 5.41) is 10.8. The fourth-order valence-electron chi connectivity index (χ4n) is 3.02. The van der Waals surface area contributed by atoms with Crippen LogP contribution in [0.15, 0.2) is 53.9 Å². The highest BCUT2D eigenvalue weighted by atomic mass is 32.1. The molecule has 0 aliphatic carbocycles. The molecule has 0 radical (unpaired) electrons. The van der Waals surface area contributed by atoms with Gasteiger partial charge >= 0.3 is 12.0 Å². The van der Waals surface area contributed by atoms with Crippen LogP contribution in [0, 0.1) is 6.92 Å². The van der Waals surface area contributed by atoms with Crippen molar-refractivity contribution in [2.45, 2.75) is 46.4 Å². The molecule has 178 valence electrons. The number of benzene rings is 2. The number of urea groups is 1. The Labute approximate surface area is 202 Å². The van der Waals surface area contributed by atoms with E-state index in [2.05, 4.69) is 20.9 Å². The minimum atomic E-state index is -0.469. The quantitative estimate of drug-likeness (QED) is 0.398. The highest BCUT2D eigenvalue weighted by molar-refractivity contribution is 7.09. The topological polar surface area (TPSA) is 109 Å². The van der Waals surface area contributed by atoms with Gasteiger partial charge in [0.25, 0.3) is 0 Å². The van der Waals surface area contributed by atoms with Crippen LogP contribution < -0.4 is 16.0 Å². The van der Waals surface area contributed by atoms with E-state index in [0.29, 0.717) is 22.8 Å². The molecule has 0 spiro atoms. The van der Waals surface area contributed by atoms with E-state index in [4.69, 9.17) is 4.74 Å². The third-order valence-electron chi connectivity index (χ3n) is 4.74. The van der Waals surface area contributed by atoms with E-state index in [0.717, 1.165) is 16.8 Å². The van der Waals surface area contributed by atoms with Crippen LogP contribution in [0.4, 0.5) is 10.5 Å². The van der Waals surface area contributed by atoms with Crippen molar-refractivity contribution in [3.63, 3.8) is 0 Å². The van der Waals surface area contributed by atoms with E-state index in [1.165, 1.54) is 11.3 Å². The Morgan fingerprint density at radius 1 is 1.06 bits per heavy atom. The fraction of sp³-hybridized carbons (Fsp3) is 0.280. The summed E-state index contributed by atoms with van der Waals surface area (Å²) in [5.41, 5.74) is 3.63. The number of hydrogen-bond donors (Lipinski definition) is 3. The number of carbonyl (C=O) groups excluding carboxylic acids is 3. The fourth-order valence-corrected chi connectivity index (χ4v) is 3.80. The summed E-state index contributed by atoms with van der Waals surface area (Å²) < 4.78 is 5.35. The van der Waals surface area contributed by atoms with Crippen molar-refractivity contribution in [2.24, 2.45) is 0 Å². The maximum absolute atomic E-state index is 12.3. The highest BCUT2D eigenvalue weighted by Crippen LogP contribution is 2.16. The Balaban J connectivity index is 1.45. The van der Waals surface area contributed by atoms with Gasteiger partial charge < -0.3 is 20.7 Å². The number of nitrogens with one attached hydrogen (secondary N) is 3. The van der Waals surface area contributed by atoms with Crippen LogP contribution in [0.3, 0.4) is 0 Å². The number of anilines is 1. The average Bonchev–Trinajstić information content (AvgIpc) is 3.24. The van der Waals surface area contributed by atoms with Gasteiger partial charge in [0, 0.05) is 23.7 Å². The normalized spacial score (nSPS) is 10.6. The molecule has 1 aromatic heterocycles. The zero-order valence-electron chi connectivity index (χ0n) is 19.4. The number of thiazole rings is 1. The Hall–Kier alpha value is -3.72. The van der Waals surface area contributed by atoms with E-state index >= 15 is 0 Å². The van der Waals surface area contributed by atoms with Gasteiger partial charge in [-0.2, -0.15) is 0 Å². The van der Waals surface area contributed by atoms with Crippen LogP contribution in [0.25, 0.3) is 0 Å². The molecular weight excluding hydrogens is 452 g/mol. The summed E-state index contributed by atoms with van der Waals surface area (Å²) in [6.45, 7) is 6.08.